The van der Waals surface area contributed by atoms with Crippen molar-refractivity contribution in [2.24, 2.45) is 20.6 Å². The number of pyridine rings is 1. The normalized spacial score (nSPS) is 16.5. The Labute approximate surface area is 138 Å². The molecule has 0 aliphatic carbocycles. The van der Waals surface area contributed by atoms with Gasteiger partial charge in [0.2, 0.25) is 0 Å². The average Bonchev–Trinajstić information content (AvgIpc) is 2.63. The Morgan fingerprint density at radius 2 is 1.29 bits per heavy atom. The molecule has 0 unspecified atom stereocenters. The molecule has 0 amide bonds. The van der Waals surface area contributed by atoms with Crippen LogP contribution in [0.2, 0.25) is 0 Å². The predicted octanol–water partition coefficient (Wildman–Crippen LogP) is 0.705. The lowest BCUT2D eigenvalue weighted by Gasteiger charge is -2.31. The fraction of sp³-hybridized carbons (Fsp3) is 0.308. The maximum atomic E-state index is 10.7. The third kappa shape index (κ3) is 5.05. The minimum Gasteiger partial charge on any atom is -0.548 e. The van der Waals surface area contributed by atoms with Gasteiger partial charge >= 0.3 is 6.75 Å². The lowest BCUT2D eigenvalue weighted by Crippen LogP contribution is -2.52. The number of nitrogens with zero attached hydrogens (tertiary/aromatic N) is 5. The zero-order chi connectivity index (χ0) is 18.2. The van der Waals surface area contributed by atoms with Crippen molar-refractivity contribution in [3.8, 4) is 0 Å². The van der Waals surface area contributed by atoms with Crippen LogP contribution in [-0.4, -0.2) is 50.0 Å². The number of rotatable bonds is 7. The Kier molecular flexibility index (Phi) is 6.87. The van der Waals surface area contributed by atoms with E-state index in [0.29, 0.717) is 0 Å². The van der Waals surface area contributed by atoms with Crippen LogP contribution in [-0.2, 0) is 9.51 Å². The first kappa shape index (κ1) is 19.1. The molecule has 0 aliphatic rings. The summed E-state index contributed by atoms with van der Waals surface area (Å²) in [6, 6.07) is 2.94. The van der Waals surface area contributed by atoms with Crippen molar-refractivity contribution >= 4 is 35.1 Å². The fourth-order valence-corrected chi connectivity index (χ4v) is 1.33. The van der Waals surface area contributed by atoms with E-state index >= 15 is 0 Å². The Balaban J connectivity index is 3.14. The molecule has 0 radical (unpaired) electrons. The summed E-state index contributed by atoms with van der Waals surface area (Å²) in [7, 11) is 0. The highest BCUT2D eigenvalue weighted by Gasteiger charge is 2.33. The Morgan fingerprint density at radius 1 is 0.875 bits per heavy atom. The van der Waals surface area contributed by atoms with Gasteiger partial charge in [-0.1, -0.05) is 27.9 Å². The molecule has 10 nitrogen and oxygen atoms in total. The average molecular weight is 336 g/mol. The van der Waals surface area contributed by atoms with Gasteiger partial charge < -0.3 is 24.9 Å². The van der Waals surface area contributed by atoms with Gasteiger partial charge in [0, 0.05) is 12.4 Å². The van der Waals surface area contributed by atoms with Crippen LogP contribution < -0.4 is 5.46 Å². The molecule has 0 aliphatic heterocycles. The predicted molar refractivity (Wildman–Crippen MR) is 90.0 cm³/mol. The molecule has 0 aromatic carbocycles. The standard InChI is InChI=1S/C13H19BN5O5/c1-9(16-21)11(3)18-23-14(20,13-5-7-15-8-6-13)24-19-12(4)10(2)17-22/h5-8,20-22H,1-4H3/q-1/b16-9+,17-10+,18-11+,19-12+. The van der Waals surface area contributed by atoms with E-state index in [1.54, 1.807) is 0 Å². The van der Waals surface area contributed by atoms with Crippen molar-refractivity contribution in [2.45, 2.75) is 27.7 Å². The van der Waals surface area contributed by atoms with Crippen LogP contribution in [0.4, 0.5) is 0 Å². The van der Waals surface area contributed by atoms with Crippen LogP contribution in [0, 0.1) is 0 Å². The molecule has 130 valence electrons. The highest BCUT2D eigenvalue weighted by atomic mass is 16.8. The van der Waals surface area contributed by atoms with E-state index in [1.807, 2.05) is 0 Å². The maximum absolute atomic E-state index is 10.7. The maximum Gasteiger partial charge on any atom is 0.560 e. The summed E-state index contributed by atoms with van der Waals surface area (Å²) in [5.41, 5.74) is 1.08. The second-order valence-corrected chi connectivity index (χ2v) is 4.89. The SMILES string of the molecule is CC(=N\O)/C(C)=N/O[B-](O)(O/N=C(C)/C(C)=N/O)c1ccncc1. The Morgan fingerprint density at radius 3 is 1.67 bits per heavy atom. The quantitative estimate of drug-likeness (QED) is 0.290. The van der Waals surface area contributed by atoms with Crippen LogP contribution >= 0.6 is 0 Å². The Bertz CT molecular complexity index is 639. The first-order valence-corrected chi connectivity index (χ1v) is 6.94. The van der Waals surface area contributed by atoms with E-state index in [1.165, 1.54) is 52.2 Å². The van der Waals surface area contributed by atoms with Gasteiger partial charge in [0.05, 0.1) is 11.4 Å². The zero-order valence-electron chi connectivity index (χ0n) is 13.8. The summed E-state index contributed by atoms with van der Waals surface area (Å²) >= 11 is 0. The van der Waals surface area contributed by atoms with Gasteiger partial charge in [-0.25, -0.2) is 0 Å². The molecule has 0 saturated carbocycles. The molecule has 1 aromatic rings. The van der Waals surface area contributed by atoms with Crippen molar-refractivity contribution in [2.75, 3.05) is 0 Å². The van der Waals surface area contributed by atoms with E-state index < -0.39 is 6.75 Å². The van der Waals surface area contributed by atoms with Gasteiger partial charge in [-0.05, 0) is 27.7 Å². The topological polar surface area (TPSA) is 141 Å². The molecule has 0 saturated heterocycles. The molecular formula is C13H19BN5O5-. The fourth-order valence-electron chi connectivity index (χ4n) is 1.33. The second-order valence-electron chi connectivity index (χ2n) is 4.89. The van der Waals surface area contributed by atoms with E-state index in [2.05, 4.69) is 25.6 Å². The van der Waals surface area contributed by atoms with E-state index in [4.69, 9.17) is 19.9 Å². The Hall–Kier alpha value is -2.95. The van der Waals surface area contributed by atoms with E-state index in [-0.39, 0.29) is 28.3 Å². The summed E-state index contributed by atoms with van der Waals surface area (Å²) in [6.07, 6.45) is 2.87. The number of hydrogen-bond acceptors (Lipinski definition) is 10. The summed E-state index contributed by atoms with van der Waals surface area (Å²) in [5.74, 6) is 0. The summed E-state index contributed by atoms with van der Waals surface area (Å²) in [6.45, 7) is 2.93. The van der Waals surface area contributed by atoms with Gasteiger partial charge in [-0.2, -0.15) is 0 Å². The molecule has 0 bridgehead atoms. The molecule has 0 fully saturated rings. The third-order valence-electron chi connectivity index (χ3n) is 3.14. The molecule has 0 atom stereocenters. The van der Waals surface area contributed by atoms with Crippen molar-refractivity contribution in [3.05, 3.63) is 24.5 Å². The van der Waals surface area contributed by atoms with Crippen LogP contribution in [0.3, 0.4) is 0 Å². The smallest absolute Gasteiger partial charge is 0.548 e. The first-order chi connectivity index (χ1) is 11.3. The summed E-state index contributed by atoms with van der Waals surface area (Å²) < 4.78 is 10.2. The highest BCUT2D eigenvalue weighted by molar-refractivity contribution is 6.74. The van der Waals surface area contributed by atoms with Gasteiger partial charge in [-0.3, -0.25) is 4.98 Å². The lowest BCUT2D eigenvalue weighted by molar-refractivity contribution is 0.120. The van der Waals surface area contributed by atoms with Crippen LogP contribution in [0.15, 0.2) is 45.1 Å². The zero-order valence-corrected chi connectivity index (χ0v) is 13.8. The number of hydrogen-bond donors (Lipinski definition) is 3. The molecule has 3 N–H and O–H groups in total. The molecule has 1 rings (SSSR count). The van der Waals surface area contributed by atoms with Crippen molar-refractivity contribution in [3.63, 3.8) is 0 Å². The van der Waals surface area contributed by atoms with Gasteiger partial charge in [0.1, 0.15) is 11.4 Å². The molecule has 1 heterocycles. The van der Waals surface area contributed by atoms with Crippen LogP contribution in [0.5, 0.6) is 0 Å². The highest BCUT2D eigenvalue weighted by Crippen LogP contribution is 2.07. The molecule has 0 spiro atoms. The summed E-state index contributed by atoms with van der Waals surface area (Å²) in [5, 5.41) is 41.4. The lowest BCUT2D eigenvalue weighted by atomic mass is 9.71. The number of aromatic nitrogens is 1. The van der Waals surface area contributed by atoms with E-state index in [0.717, 1.165) is 0 Å². The van der Waals surface area contributed by atoms with Crippen molar-refractivity contribution in [1.29, 1.82) is 0 Å². The van der Waals surface area contributed by atoms with Gasteiger partial charge in [0.15, 0.2) is 0 Å². The van der Waals surface area contributed by atoms with Gasteiger partial charge in [0.25, 0.3) is 0 Å². The molecule has 24 heavy (non-hydrogen) atoms. The van der Waals surface area contributed by atoms with Crippen LogP contribution in [0.1, 0.15) is 27.7 Å². The van der Waals surface area contributed by atoms with Crippen molar-refractivity contribution in [1.82, 2.24) is 4.98 Å². The largest absolute Gasteiger partial charge is 0.560 e. The minimum atomic E-state index is -3.13. The summed E-state index contributed by atoms with van der Waals surface area (Å²) in [4.78, 5) is 3.84. The molecule has 1 aromatic heterocycles. The molecule has 11 heteroatoms. The second kappa shape index (κ2) is 8.63. The third-order valence-corrected chi connectivity index (χ3v) is 3.14. The monoisotopic (exact) mass is 336 g/mol. The first-order valence-electron chi connectivity index (χ1n) is 6.94. The van der Waals surface area contributed by atoms with Gasteiger partial charge in [-0.15, -0.1) is 10.3 Å². The molecular weight excluding hydrogens is 317 g/mol. The van der Waals surface area contributed by atoms with E-state index in [9.17, 15) is 5.02 Å². The van der Waals surface area contributed by atoms with Crippen molar-refractivity contribution < 1.29 is 24.9 Å². The number of oxime groups is 4. The minimum absolute atomic E-state index is 0.200. The van der Waals surface area contributed by atoms with Crippen LogP contribution in [0.25, 0.3) is 0 Å².